The van der Waals surface area contributed by atoms with Crippen molar-refractivity contribution in [2.24, 2.45) is 5.92 Å². The Morgan fingerprint density at radius 2 is 2.10 bits per heavy atom. The molecule has 0 N–H and O–H groups in total. The molecule has 0 bridgehead atoms. The van der Waals surface area contributed by atoms with Crippen LogP contribution in [0.2, 0.25) is 0 Å². The summed E-state index contributed by atoms with van der Waals surface area (Å²) >= 11 is 3.68. The molecule has 0 aromatic carbocycles. The van der Waals surface area contributed by atoms with Crippen LogP contribution < -0.4 is 0 Å². The van der Waals surface area contributed by atoms with E-state index in [9.17, 15) is 0 Å². The van der Waals surface area contributed by atoms with Gasteiger partial charge in [0.15, 0.2) is 0 Å². The van der Waals surface area contributed by atoms with E-state index in [2.05, 4.69) is 15.9 Å². The normalized spacial score (nSPS) is 34.2. The summed E-state index contributed by atoms with van der Waals surface area (Å²) in [7, 11) is 1.79. The van der Waals surface area contributed by atoms with Crippen LogP contribution in [-0.4, -0.2) is 18.5 Å². The Morgan fingerprint density at radius 3 is 2.70 bits per heavy atom. The zero-order valence-electron chi connectivity index (χ0n) is 6.48. The van der Waals surface area contributed by atoms with Crippen molar-refractivity contribution in [2.75, 3.05) is 13.7 Å². The first-order valence-electron chi connectivity index (χ1n) is 3.97. The van der Waals surface area contributed by atoms with Crippen molar-refractivity contribution in [1.29, 1.82) is 0 Å². The molecule has 2 heteroatoms. The number of hydrogen-bond acceptors (Lipinski definition) is 1. The fourth-order valence-corrected chi connectivity index (χ4v) is 2.30. The Morgan fingerprint density at radius 1 is 1.40 bits per heavy atom. The molecule has 0 aromatic heterocycles. The average Bonchev–Trinajstić information content (AvgIpc) is 1.94. The first kappa shape index (κ1) is 8.54. The van der Waals surface area contributed by atoms with Gasteiger partial charge in [0.1, 0.15) is 0 Å². The van der Waals surface area contributed by atoms with Gasteiger partial charge in [-0.2, -0.15) is 0 Å². The van der Waals surface area contributed by atoms with Crippen LogP contribution in [0.1, 0.15) is 25.7 Å². The summed E-state index contributed by atoms with van der Waals surface area (Å²) in [6.07, 6.45) is 5.43. The Kier molecular flexibility index (Phi) is 3.71. The maximum absolute atomic E-state index is 5.12. The third-order valence-electron chi connectivity index (χ3n) is 2.20. The minimum absolute atomic E-state index is 0.709. The molecule has 1 saturated carbocycles. The summed E-state index contributed by atoms with van der Waals surface area (Å²) in [6.45, 7) is 0.927. The number of ether oxygens (including phenoxy) is 1. The van der Waals surface area contributed by atoms with Gasteiger partial charge in [-0.15, -0.1) is 0 Å². The lowest BCUT2D eigenvalue weighted by Crippen LogP contribution is -2.23. The molecule has 0 amide bonds. The molecule has 0 saturated heterocycles. The quantitative estimate of drug-likeness (QED) is 0.632. The van der Waals surface area contributed by atoms with E-state index in [0.29, 0.717) is 4.83 Å². The molecule has 1 aliphatic carbocycles. The minimum Gasteiger partial charge on any atom is -0.384 e. The standard InChI is InChI=1S/C8H15BrO/c1-10-6-7-4-2-3-5-8(7)9/h7-8H,2-6H2,1H3. The molecule has 0 radical (unpaired) electrons. The first-order chi connectivity index (χ1) is 4.84. The Bertz CT molecular complexity index is 93.3. The predicted molar refractivity (Wildman–Crippen MR) is 46.5 cm³/mol. The molecular weight excluding hydrogens is 192 g/mol. The number of halogens is 1. The van der Waals surface area contributed by atoms with Crippen molar-refractivity contribution in [3.05, 3.63) is 0 Å². The maximum Gasteiger partial charge on any atom is 0.0501 e. The maximum atomic E-state index is 5.12. The van der Waals surface area contributed by atoms with Crippen molar-refractivity contribution >= 4 is 15.9 Å². The molecule has 0 aromatic rings. The van der Waals surface area contributed by atoms with Gasteiger partial charge in [0.2, 0.25) is 0 Å². The van der Waals surface area contributed by atoms with Crippen LogP contribution in [0, 0.1) is 5.92 Å². The van der Waals surface area contributed by atoms with Crippen LogP contribution >= 0.6 is 15.9 Å². The average molecular weight is 207 g/mol. The van der Waals surface area contributed by atoms with Gasteiger partial charge in [0, 0.05) is 11.9 Å². The lowest BCUT2D eigenvalue weighted by atomic mass is 9.90. The lowest BCUT2D eigenvalue weighted by molar-refractivity contribution is 0.136. The fraction of sp³-hybridized carbons (Fsp3) is 1.00. The topological polar surface area (TPSA) is 9.23 Å². The molecule has 1 nitrogen and oxygen atoms in total. The molecule has 0 aliphatic heterocycles. The third-order valence-corrected chi connectivity index (χ3v) is 3.40. The summed E-state index contributed by atoms with van der Waals surface area (Å²) in [5, 5.41) is 0. The van der Waals surface area contributed by atoms with E-state index >= 15 is 0 Å². The molecular formula is C8H15BrO. The highest BCUT2D eigenvalue weighted by molar-refractivity contribution is 9.09. The third kappa shape index (κ3) is 2.24. The predicted octanol–water partition coefficient (Wildman–Crippen LogP) is 2.59. The Labute approximate surface area is 71.3 Å². The second-order valence-electron chi connectivity index (χ2n) is 3.02. The zero-order chi connectivity index (χ0) is 7.40. The van der Waals surface area contributed by atoms with Gasteiger partial charge in [-0.3, -0.25) is 0 Å². The second kappa shape index (κ2) is 4.35. The minimum atomic E-state index is 0.709. The van der Waals surface area contributed by atoms with Crippen LogP contribution in [0.5, 0.6) is 0 Å². The molecule has 60 valence electrons. The van der Waals surface area contributed by atoms with Gasteiger partial charge >= 0.3 is 0 Å². The second-order valence-corrected chi connectivity index (χ2v) is 4.19. The Balaban J connectivity index is 2.25. The SMILES string of the molecule is COCC1CCCCC1Br. The van der Waals surface area contributed by atoms with E-state index in [-0.39, 0.29) is 0 Å². The van der Waals surface area contributed by atoms with E-state index in [1.165, 1.54) is 25.7 Å². The molecule has 1 fully saturated rings. The van der Waals surface area contributed by atoms with E-state index in [0.717, 1.165) is 12.5 Å². The monoisotopic (exact) mass is 206 g/mol. The van der Waals surface area contributed by atoms with Crippen molar-refractivity contribution < 1.29 is 4.74 Å². The summed E-state index contributed by atoms with van der Waals surface area (Å²) in [4.78, 5) is 0.709. The number of methoxy groups -OCH3 is 1. The van der Waals surface area contributed by atoms with Crippen molar-refractivity contribution in [3.8, 4) is 0 Å². The zero-order valence-corrected chi connectivity index (χ0v) is 8.06. The van der Waals surface area contributed by atoms with Crippen LogP contribution in [0.15, 0.2) is 0 Å². The number of alkyl halides is 1. The molecule has 0 heterocycles. The molecule has 10 heavy (non-hydrogen) atoms. The molecule has 1 aliphatic rings. The Hall–Kier alpha value is 0.440. The van der Waals surface area contributed by atoms with Gasteiger partial charge in [0.05, 0.1) is 6.61 Å². The molecule has 2 atom stereocenters. The van der Waals surface area contributed by atoms with Crippen molar-refractivity contribution in [1.82, 2.24) is 0 Å². The van der Waals surface area contributed by atoms with Gasteiger partial charge in [-0.1, -0.05) is 28.8 Å². The summed E-state index contributed by atoms with van der Waals surface area (Å²) in [5.74, 6) is 0.763. The van der Waals surface area contributed by atoms with Crippen LogP contribution in [0.3, 0.4) is 0 Å². The summed E-state index contributed by atoms with van der Waals surface area (Å²) in [5.41, 5.74) is 0. The highest BCUT2D eigenvalue weighted by atomic mass is 79.9. The van der Waals surface area contributed by atoms with Crippen LogP contribution in [-0.2, 0) is 4.74 Å². The van der Waals surface area contributed by atoms with E-state index in [4.69, 9.17) is 4.74 Å². The van der Waals surface area contributed by atoms with Crippen LogP contribution in [0.4, 0.5) is 0 Å². The molecule has 1 rings (SSSR count). The smallest absolute Gasteiger partial charge is 0.0501 e. The van der Waals surface area contributed by atoms with Crippen molar-refractivity contribution in [2.45, 2.75) is 30.5 Å². The van der Waals surface area contributed by atoms with Gasteiger partial charge < -0.3 is 4.74 Å². The van der Waals surface area contributed by atoms with Gasteiger partial charge in [0.25, 0.3) is 0 Å². The summed E-state index contributed by atoms with van der Waals surface area (Å²) < 4.78 is 5.12. The highest BCUT2D eigenvalue weighted by Gasteiger charge is 2.21. The van der Waals surface area contributed by atoms with Crippen molar-refractivity contribution in [3.63, 3.8) is 0 Å². The number of hydrogen-bond donors (Lipinski definition) is 0. The van der Waals surface area contributed by atoms with E-state index < -0.39 is 0 Å². The van der Waals surface area contributed by atoms with E-state index in [1.54, 1.807) is 7.11 Å². The van der Waals surface area contributed by atoms with Crippen LogP contribution in [0.25, 0.3) is 0 Å². The first-order valence-corrected chi connectivity index (χ1v) is 4.89. The lowest BCUT2D eigenvalue weighted by Gasteiger charge is -2.26. The largest absolute Gasteiger partial charge is 0.384 e. The molecule has 2 unspecified atom stereocenters. The van der Waals surface area contributed by atoms with E-state index in [1.807, 2.05) is 0 Å². The van der Waals surface area contributed by atoms with Gasteiger partial charge in [-0.25, -0.2) is 0 Å². The van der Waals surface area contributed by atoms with Gasteiger partial charge in [-0.05, 0) is 18.8 Å². The highest BCUT2D eigenvalue weighted by Crippen LogP contribution is 2.29. The molecule has 0 spiro atoms. The number of rotatable bonds is 2. The fourth-order valence-electron chi connectivity index (χ4n) is 1.56. The summed E-state index contributed by atoms with van der Waals surface area (Å²) in [6, 6.07) is 0.